The number of anilines is 1. The molecule has 1 unspecified atom stereocenters. The van der Waals surface area contributed by atoms with Gasteiger partial charge in [0.15, 0.2) is 5.11 Å². The molecule has 0 bridgehead atoms. The fourth-order valence-corrected chi connectivity index (χ4v) is 2.71. The van der Waals surface area contributed by atoms with Crippen LogP contribution in [0.1, 0.15) is 17.2 Å². The van der Waals surface area contributed by atoms with Crippen molar-refractivity contribution in [3.8, 4) is 0 Å². The van der Waals surface area contributed by atoms with Crippen molar-refractivity contribution in [2.45, 2.75) is 12.2 Å². The summed E-state index contributed by atoms with van der Waals surface area (Å²) in [5.74, 6) is -0.319. The highest BCUT2D eigenvalue weighted by molar-refractivity contribution is 7.80. The largest absolute Gasteiger partial charge is 0.416 e. The average molecular weight is 336 g/mol. The van der Waals surface area contributed by atoms with E-state index in [0.717, 1.165) is 17.7 Å². The van der Waals surface area contributed by atoms with Gasteiger partial charge in [-0.15, -0.1) is 0 Å². The Hall–Kier alpha value is -2.41. The van der Waals surface area contributed by atoms with Crippen molar-refractivity contribution in [1.82, 2.24) is 5.32 Å². The molecule has 0 radical (unpaired) electrons. The molecule has 3 nitrogen and oxygen atoms in total. The van der Waals surface area contributed by atoms with Gasteiger partial charge in [0.25, 0.3) is 5.91 Å². The molecule has 1 saturated heterocycles. The highest BCUT2D eigenvalue weighted by Gasteiger charge is 2.38. The van der Waals surface area contributed by atoms with Gasteiger partial charge in [-0.25, -0.2) is 0 Å². The number of nitrogens with zero attached hydrogens (tertiary/aromatic N) is 1. The molecule has 1 aliphatic heterocycles. The van der Waals surface area contributed by atoms with Crippen LogP contribution in [0.5, 0.6) is 0 Å². The van der Waals surface area contributed by atoms with Crippen LogP contribution in [-0.4, -0.2) is 11.0 Å². The predicted octanol–water partition coefficient (Wildman–Crippen LogP) is 3.67. The Balaban J connectivity index is 1.89. The van der Waals surface area contributed by atoms with E-state index in [1.54, 1.807) is 24.3 Å². The zero-order valence-corrected chi connectivity index (χ0v) is 12.5. The Kier molecular flexibility index (Phi) is 3.81. The molecule has 1 heterocycles. The van der Waals surface area contributed by atoms with Gasteiger partial charge in [0, 0.05) is 0 Å². The minimum atomic E-state index is -4.42. The second-order valence-corrected chi connectivity index (χ2v) is 5.40. The first-order valence-electron chi connectivity index (χ1n) is 6.74. The summed E-state index contributed by atoms with van der Waals surface area (Å²) in [6.07, 6.45) is -4.42. The monoisotopic (exact) mass is 336 g/mol. The summed E-state index contributed by atoms with van der Waals surface area (Å²) >= 11 is 5.15. The minimum absolute atomic E-state index is 0.170. The van der Waals surface area contributed by atoms with Crippen LogP contribution in [0.15, 0.2) is 54.6 Å². The number of rotatable bonds is 2. The molecule has 7 heteroatoms. The SMILES string of the molecule is O=C1C(c2ccccc2)NC(=S)N1c1ccc(C(F)(F)F)cc1. The molecule has 0 saturated carbocycles. The fourth-order valence-electron chi connectivity index (χ4n) is 2.39. The highest BCUT2D eigenvalue weighted by atomic mass is 32.1. The van der Waals surface area contributed by atoms with Crippen LogP contribution in [0.3, 0.4) is 0 Å². The number of benzene rings is 2. The molecule has 2 aromatic rings. The Bertz CT molecular complexity index is 744. The van der Waals surface area contributed by atoms with Crippen LogP contribution in [-0.2, 0) is 11.0 Å². The topological polar surface area (TPSA) is 32.3 Å². The van der Waals surface area contributed by atoms with Crippen LogP contribution in [0.4, 0.5) is 18.9 Å². The number of halogens is 3. The highest BCUT2D eigenvalue weighted by Crippen LogP contribution is 2.32. The number of carbonyl (C=O) groups excluding carboxylic acids is 1. The lowest BCUT2D eigenvalue weighted by Gasteiger charge is -2.16. The lowest BCUT2D eigenvalue weighted by atomic mass is 10.1. The van der Waals surface area contributed by atoms with Crippen molar-refractivity contribution in [3.05, 3.63) is 65.7 Å². The minimum Gasteiger partial charge on any atom is -0.346 e. The summed E-state index contributed by atoms with van der Waals surface area (Å²) in [6, 6.07) is 12.7. The number of carbonyl (C=O) groups is 1. The van der Waals surface area contributed by atoms with E-state index in [4.69, 9.17) is 12.2 Å². The lowest BCUT2D eigenvalue weighted by Crippen LogP contribution is -2.30. The van der Waals surface area contributed by atoms with Crippen molar-refractivity contribution in [3.63, 3.8) is 0 Å². The van der Waals surface area contributed by atoms with Crippen molar-refractivity contribution < 1.29 is 18.0 Å². The summed E-state index contributed by atoms with van der Waals surface area (Å²) in [7, 11) is 0. The van der Waals surface area contributed by atoms with Crippen molar-refractivity contribution in [2.75, 3.05) is 4.90 Å². The van der Waals surface area contributed by atoms with Crippen LogP contribution in [0.25, 0.3) is 0 Å². The number of alkyl halides is 3. The van der Waals surface area contributed by atoms with E-state index < -0.39 is 17.8 Å². The third kappa shape index (κ3) is 2.92. The van der Waals surface area contributed by atoms with Gasteiger partial charge in [-0.05, 0) is 42.0 Å². The maximum absolute atomic E-state index is 12.6. The Morgan fingerprint density at radius 2 is 1.61 bits per heavy atom. The standard InChI is InChI=1S/C16H11F3N2OS/c17-16(18,19)11-6-8-12(9-7-11)21-14(22)13(20-15(21)23)10-4-2-1-3-5-10/h1-9,13H,(H,20,23). The number of hydrogen-bond acceptors (Lipinski definition) is 2. The molecule has 23 heavy (non-hydrogen) atoms. The number of thiocarbonyl (C=S) groups is 1. The van der Waals surface area contributed by atoms with E-state index in [0.29, 0.717) is 5.69 Å². The van der Waals surface area contributed by atoms with Gasteiger partial charge in [0.1, 0.15) is 6.04 Å². The van der Waals surface area contributed by atoms with E-state index in [9.17, 15) is 18.0 Å². The third-order valence-electron chi connectivity index (χ3n) is 3.52. The molecule has 3 rings (SSSR count). The molecule has 1 fully saturated rings. The first-order valence-corrected chi connectivity index (χ1v) is 7.15. The fraction of sp³-hybridized carbons (Fsp3) is 0.125. The van der Waals surface area contributed by atoms with Gasteiger partial charge in [-0.3, -0.25) is 9.69 Å². The zero-order chi connectivity index (χ0) is 16.6. The number of amides is 1. The first-order chi connectivity index (χ1) is 10.9. The van der Waals surface area contributed by atoms with E-state index in [-0.39, 0.29) is 11.0 Å². The molecule has 2 aromatic carbocycles. The second kappa shape index (κ2) is 5.66. The van der Waals surface area contributed by atoms with E-state index in [2.05, 4.69) is 5.32 Å². The maximum Gasteiger partial charge on any atom is 0.416 e. The quantitative estimate of drug-likeness (QED) is 0.850. The lowest BCUT2D eigenvalue weighted by molar-refractivity contribution is -0.137. The summed E-state index contributed by atoms with van der Waals surface area (Å²) in [5, 5.41) is 3.07. The summed E-state index contributed by atoms with van der Waals surface area (Å²) in [5.41, 5.74) is 0.277. The zero-order valence-electron chi connectivity index (χ0n) is 11.7. The van der Waals surface area contributed by atoms with Crippen molar-refractivity contribution >= 4 is 28.9 Å². The van der Waals surface area contributed by atoms with Gasteiger partial charge in [0.2, 0.25) is 0 Å². The number of nitrogens with one attached hydrogen (secondary N) is 1. The van der Waals surface area contributed by atoms with Crippen molar-refractivity contribution in [1.29, 1.82) is 0 Å². The average Bonchev–Trinajstić information content (AvgIpc) is 2.82. The summed E-state index contributed by atoms with van der Waals surface area (Å²) in [6.45, 7) is 0. The maximum atomic E-state index is 12.6. The van der Waals surface area contributed by atoms with Crippen LogP contribution in [0.2, 0.25) is 0 Å². The third-order valence-corrected chi connectivity index (χ3v) is 3.82. The molecule has 1 amide bonds. The van der Waals surface area contributed by atoms with E-state index in [1.807, 2.05) is 6.07 Å². The Labute approximate surface area is 135 Å². The van der Waals surface area contributed by atoms with E-state index in [1.165, 1.54) is 17.0 Å². The molecule has 1 aliphatic rings. The molecular weight excluding hydrogens is 325 g/mol. The van der Waals surface area contributed by atoms with Crippen LogP contribution in [0, 0.1) is 0 Å². The van der Waals surface area contributed by atoms with Crippen LogP contribution >= 0.6 is 12.2 Å². The van der Waals surface area contributed by atoms with Gasteiger partial charge in [-0.2, -0.15) is 13.2 Å². The Morgan fingerprint density at radius 1 is 1.00 bits per heavy atom. The molecule has 0 aromatic heterocycles. The van der Waals surface area contributed by atoms with E-state index >= 15 is 0 Å². The molecule has 118 valence electrons. The molecule has 1 N–H and O–H groups in total. The van der Waals surface area contributed by atoms with Gasteiger partial charge in [0.05, 0.1) is 11.3 Å². The van der Waals surface area contributed by atoms with Gasteiger partial charge in [-0.1, -0.05) is 30.3 Å². The predicted molar refractivity (Wildman–Crippen MR) is 83.8 cm³/mol. The Morgan fingerprint density at radius 3 is 2.17 bits per heavy atom. The van der Waals surface area contributed by atoms with Gasteiger partial charge >= 0.3 is 6.18 Å². The molecule has 0 aliphatic carbocycles. The molecule has 1 atom stereocenters. The number of hydrogen-bond donors (Lipinski definition) is 1. The van der Waals surface area contributed by atoms with Crippen LogP contribution < -0.4 is 10.2 Å². The molecule has 0 spiro atoms. The summed E-state index contributed by atoms with van der Waals surface area (Å²) < 4.78 is 37.8. The summed E-state index contributed by atoms with van der Waals surface area (Å²) in [4.78, 5) is 13.8. The molecular formula is C16H11F3N2OS. The normalized spacial score (nSPS) is 18.2. The first kappa shape index (κ1) is 15.5. The smallest absolute Gasteiger partial charge is 0.346 e. The van der Waals surface area contributed by atoms with Gasteiger partial charge < -0.3 is 5.32 Å². The van der Waals surface area contributed by atoms with Crippen molar-refractivity contribution in [2.24, 2.45) is 0 Å². The second-order valence-electron chi connectivity index (χ2n) is 5.01.